The van der Waals surface area contributed by atoms with Gasteiger partial charge in [-0.05, 0) is 73.1 Å². The molecule has 3 atom stereocenters. The van der Waals surface area contributed by atoms with E-state index in [2.05, 4.69) is 4.90 Å². The highest BCUT2D eigenvalue weighted by atomic mass is 19.1. The van der Waals surface area contributed by atoms with Crippen molar-refractivity contribution in [2.24, 2.45) is 11.8 Å². The van der Waals surface area contributed by atoms with E-state index in [9.17, 15) is 13.9 Å². The van der Waals surface area contributed by atoms with Gasteiger partial charge >= 0.3 is 0 Å². The topological polar surface area (TPSA) is 32.7 Å². The Kier molecular flexibility index (Phi) is 4.81. The van der Waals surface area contributed by atoms with Crippen molar-refractivity contribution < 1.29 is 18.6 Å². The minimum atomic E-state index is -0.554. The smallest absolute Gasteiger partial charge is 0.165 e. The van der Waals surface area contributed by atoms with Crippen molar-refractivity contribution in [3.63, 3.8) is 0 Å². The van der Waals surface area contributed by atoms with Gasteiger partial charge in [0.05, 0.1) is 6.10 Å². The number of phenolic OH excluding ortho intramolecular Hbond substituents is 1. The van der Waals surface area contributed by atoms with E-state index in [1.54, 1.807) is 18.2 Å². The maximum atomic E-state index is 13.4. The number of hydrogen-bond donors (Lipinski definition) is 1. The maximum Gasteiger partial charge on any atom is 0.165 e. The second-order valence-corrected chi connectivity index (χ2v) is 7.48. The lowest BCUT2D eigenvalue weighted by Gasteiger charge is -2.20. The number of hydrogen-bond acceptors (Lipinski definition) is 3. The number of phenols is 1. The fourth-order valence-electron chi connectivity index (χ4n) is 4.32. The first kappa shape index (κ1) is 17.3. The third-order valence-electron chi connectivity index (χ3n) is 5.63. The van der Waals surface area contributed by atoms with Crippen molar-refractivity contribution in [1.82, 2.24) is 4.90 Å². The standard InChI is InChI=1S/C21H23F2NO2/c22-17-2-4-18(5-3-17)26-19-10-15-12-24(13-16(15)11-19)8-7-14-1-6-21(25)20(23)9-14/h1-6,9,15-16,19,25H,7-8,10-13H2/t15-,16+,19-. The minimum Gasteiger partial charge on any atom is -0.505 e. The number of ether oxygens (including phenoxy) is 1. The van der Waals surface area contributed by atoms with Crippen molar-refractivity contribution in [3.05, 3.63) is 59.7 Å². The zero-order valence-corrected chi connectivity index (χ0v) is 14.6. The molecule has 3 nitrogen and oxygen atoms in total. The molecule has 0 spiro atoms. The lowest BCUT2D eigenvalue weighted by atomic mass is 10.0. The quantitative estimate of drug-likeness (QED) is 0.876. The molecular formula is C21H23F2NO2. The lowest BCUT2D eigenvalue weighted by Crippen LogP contribution is -2.26. The molecule has 1 saturated heterocycles. The molecule has 138 valence electrons. The van der Waals surface area contributed by atoms with Gasteiger partial charge < -0.3 is 14.7 Å². The summed E-state index contributed by atoms with van der Waals surface area (Å²) >= 11 is 0. The van der Waals surface area contributed by atoms with Gasteiger partial charge in [0.2, 0.25) is 0 Å². The molecule has 1 heterocycles. The molecule has 26 heavy (non-hydrogen) atoms. The Balaban J connectivity index is 1.25. The second kappa shape index (κ2) is 7.23. The second-order valence-electron chi connectivity index (χ2n) is 7.48. The highest BCUT2D eigenvalue weighted by Gasteiger charge is 2.41. The first-order valence-corrected chi connectivity index (χ1v) is 9.19. The van der Waals surface area contributed by atoms with Crippen LogP contribution in [0.25, 0.3) is 0 Å². The molecule has 0 unspecified atom stereocenters. The summed E-state index contributed by atoms with van der Waals surface area (Å²) in [5, 5.41) is 9.26. The molecule has 0 bridgehead atoms. The highest BCUT2D eigenvalue weighted by Crippen LogP contribution is 2.39. The third kappa shape index (κ3) is 3.83. The van der Waals surface area contributed by atoms with Gasteiger partial charge in [0.15, 0.2) is 11.6 Å². The van der Waals surface area contributed by atoms with E-state index in [1.807, 2.05) is 0 Å². The first-order chi connectivity index (χ1) is 12.6. The average Bonchev–Trinajstić information content (AvgIpc) is 3.16. The van der Waals surface area contributed by atoms with Crippen LogP contribution in [0.1, 0.15) is 18.4 Å². The van der Waals surface area contributed by atoms with Gasteiger partial charge in [-0.1, -0.05) is 6.07 Å². The van der Waals surface area contributed by atoms with E-state index < -0.39 is 5.82 Å². The summed E-state index contributed by atoms with van der Waals surface area (Å²) in [6.07, 6.45) is 3.06. The van der Waals surface area contributed by atoms with Crippen LogP contribution in [0.3, 0.4) is 0 Å². The summed E-state index contributed by atoms with van der Waals surface area (Å²) < 4.78 is 32.4. The number of rotatable bonds is 5. The van der Waals surface area contributed by atoms with Crippen LogP contribution in [0.15, 0.2) is 42.5 Å². The monoisotopic (exact) mass is 359 g/mol. The first-order valence-electron chi connectivity index (χ1n) is 9.19. The van der Waals surface area contributed by atoms with E-state index >= 15 is 0 Å². The van der Waals surface area contributed by atoms with Crippen LogP contribution in [-0.2, 0) is 6.42 Å². The molecule has 1 aliphatic heterocycles. The van der Waals surface area contributed by atoms with Crippen molar-refractivity contribution in [2.45, 2.75) is 25.4 Å². The molecule has 1 saturated carbocycles. The molecule has 2 aromatic rings. The van der Waals surface area contributed by atoms with Gasteiger partial charge in [-0.2, -0.15) is 0 Å². The zero-order valence-electron chi connectivity index (χ0n) is 14.6. The van der Waals surface area contributed by atoms with Gasteiger partial charge in [0.25, 0.3) is 0 Å². The Morgan fingerprint density at radius 3 is 2.35 bits per heavy atom. The Labute approximate surface area is 152 Å². The van der Waals surface area contributed by atoms with Crippen LogP contribution in [-0.4, -0.2) is 35.7 Å². The van der Waals surface area contributed by atoms with Gasteiger partial charge in [-0.3, -0.25) is 0 Å². The number of halogens is 2. The molecular weight excluding hydrogens is 336 g/mol. The number of fused-ring (bicyclic) bond motifs is 1. The Morgan fingerprint density at radius 1 is 1.00 bits per heavy atom. The summed E-state index contributed by atoms with van der Waals surface area (Å²) in [4.78, 5) is 2.44. The molecule has 0 aromatic heterocycles. The van der Waals surface area contributed by atoms with E-state index in [-0.39, 0.29) is 17.7 Å². The van der Waals surface area contributed by atoms with Crippen LogP contribution in [0, 0.1) is 23.5 Å². The Morgan fingerprint density at radius 2 is 1.69 bits per heavy atom. The normalized spacial score (nSPS) is 25.4. The molecule has 0 radical (unpaired) electrons. The van der Waals surface area contributed by atoms with E-state index in [0.29, 0.717) is 11.8 Å². The van der Waals surface area contributed by atoms with Crippen LogP contribution in [0.5, 0.6) is 11.5 Å². The largest absolute Gasteiger partial charge is 0.505 e. The summed E-state index contributed by atoms with van der Waals surface area (Å²) in [5.41, 5.74) is 0.912. The number of nitrogens with zero attached hydrogens (tertiary/aromatic N) is 1. The van der Waals surface area contributed by atoms with Crippen LogP contribution < -0.4 is 4.74 Å². The van der Waals surface area contributed by atoms with Gasteiger partial charge in [-0.15, -0.1) is 0 Å². The van der Waals surface area contributed by atoms with E-state index in [4.69, 9.17) is 4.74 Å². The average molecular weight is 359 g/mol. The van der Waals surface area contributed by atoms with Gasteiger partial charge in [-0.25, -0.2) is 8.78 Å². The molecule has 2 fully saturated rings. The SMILES string of the molecule is Oc1ccc(CCN2C[C@H]3C[C@@H](Oc4ccc(F)cc4)C[C@H]3C2)cc1F. The fourth-order valence-corrected chi connectivity index (χ4v) is 4.32. The summed E-state index contributed by atoms with van der Waals surface area (Å²) in [6.45, 7) is 3.00. The van der Waals surface area contributed by atoms with Crippen molar-refractivity contribution in [1.29, 1.82) is 0 Å². The van der Waals surface area contributed by atoms with E-state index in [1.165, 1.54) is 24.3 Å². The molecule has 4 rings (SSSR count). The molecule has 1 N–H and O–H groups in total. The van der Waals surface area contributed by atoms with Crippen molar-refractivity contribution in [3.8, 4) is 11.5 Å². The number of aromatic hydroxyl groups is 1. The highest BCUT2D eigenvalue weighted by molar-refractivity contribution is 5.28. The third-order valence-corrected chi connectivity index (χ3v) is 5.63. The summed E-state index contributed by atoms with van der Waals surface area (Å²) in [7, 11) is 0. The molecule has 2 aliphatic rings. The number of benzene rings is 2. The van der Waals surface area contributed by atoms with Crippen molar-refractivity contribution >= 4 is 0 Å². The predicted molar refractivity (Wildman–Crippen MR) is 95.2 cm³/mol. The van der Waals surface area contributed by atoms with E-state index in [0.717, 1.165) is 50.2 Å². The number of likely N-dealkylation sites (tertiary alicyclic amines) is 1. The molecule has 2 aromatic carbocycles. The minimum absolute atomic E-state index is 0.212. The van der Waals surface area contributed by atoms with Crippen LogP contribution in [0.2, 0.25) is 0 Å². The maximum absolute atomic E-state index is 13.4. The Hall–Kier alpha value is -2.14. The molecule has 5 heteroatoms. The van der Waals surface area contributed by atoms with Crippen LogP contribution >= 0.6 is 0 Å². The van der Waals surface area contributed by atoms with Crippen molar-refractivity contribution in [2.75, 3.05) is 19.6 Å². The fraction of sp³-hybridized carbons (Fsp3) is 0.429. The summed E-state index contributed by atoms with van der Waals surface area (Å²) in [5.74, 6) is 0.916. The molecule has 0 amide bonds. The lowest BCUT2D eigenvalue weighted by molar-refractivity contribution is 0.186. The van der Waals surface area contributed by atoms with Crippen LogP contribution in [0.4, 0.5) is 8.78 Å². The predicted octanol–water partition coefficient (Wildman–Crippen LogP) is 4.00. The van der Waals surface area contributed by atoms with Gasteiger partial charge in [0, 0.05) is 19.6 Å². The van der Waals surface area contributed by atoms with Gasteiger partial charge in [0.1, 0.15) is 11.6 Å². The Bertz CT molecular complexity index is 751. The zero-order chi connectivity index (χ0) is 18.1. The molecule has 1 aliphatic carbocycles. The summed E-state index contributed by atoms with van der Waals surface area (Å²) in [6, 6.07) is 10.8.